The van der Waals surface area contributed by atoms with Crippen molar-refractivity contribution in [2.45, 2.75) is 13.5 Å². The van der Waals surface area contributed by atoms with Crippen LogP contribution in [0.4, 0.5) is 5.69 Å². The number of aryl methyl sites for hydroxylation is 1. The van der Waals surface area contributed by atoms with Gasteiger partial charge in [-0.15, -0.1) is 0 Å². The molecule has 0 spiro atoms. The lowest BCUT2D eigenvalue weighted by Gasteiger charge is -2.11. The number of methoxy groups -OCH3 is 1. The van der Waals surface area contributed by atoms with Crippen molar-refractivity contribution >= 4 is 29.2 Å². The molecule has 148 valence electrons. The second-order valence-corrected chi connectivity index (χ2v) is 6.78. The number of hydrogen-bond acceptors (Lipinski definition) is 4. The first-order valence-electron chi connectivity index (χ1n) is 9.15. The predicted molar refractivity (Wildman–Crippen MR) is 122 cm³/mol. The molecule has 0 unspecified atom stereocenters. The molecule has 3 aromatic carbocycles. The quantitative estimate of drug-likeness (QED) is 0.333. The smallest absolute Gasteiger partial charge is 0.191 e. The van der Waals surface area contributed by atoms with Crippen molar-refractivity contribution in [3.05, 3.63) is 89.5 Å². The zero-order valence-electron chi connectivity index (χ0n) is 16.4. The van der Waals surface area contributed by atoms with Crippen LogP contribution >= 0.6 is 12.2 Å². The Balaban J connectivity index is 1.60. The third kappa shape index (κ3) is 6.33. The lowest BCUT2D eigenvalue weighted by atomic mass is 10.1. The fourth-order valence-electron chi connectivity index (χ4n) is 2.58. The summed E-state index contributed by atoms with van der Waals surface area (Å²) in [6.07, 6.45) is 1.68. The summed E-state index contributed by atoms with van der Waals surface area (Å²) < 4.78 is 11.4. The van der Waals surface area contributed by atoms with Crippen LogP contribution in [0.5, 0.6) is 11.5 Å². The lowest BCUT2D eigenvalue weighted by Crippen LogP contribution is -2.23. The summed E-state index contributed by atoms with van der Waals surface area (Å²) in [5.74, 6) is 1.32. The number of para-hydroxylation sites is 1. The number of hydrazone groups is 1. The van der Waals surface area contributed by atoms with Crippen LogP contribution in [0.1, 0.15) is 16.7 Å². The molecular weight excluding hydrogens is 382 g/mol. The monoisotopic (exact) mass is 405 g/mol. The van der Waals surface area contributed by atoms with Gasteiger partial charge in [-0.2, -0.15) is 5.10 Å². The Kier molecular flexibility index (Phi) is 7.19. The third-order valence-corrected chi connectivity index (χ3v) is 4.31. The van der Waals surface area contributed by atoms with Gasteiger partial charge in [-0.3, -0.25) is 5.43 Å². The van der Waals surface area contributed by atoms with E-state index in [4.69, 9.17) is 21.7 Å². The minimum Gasteiger partial charge on any atom is -0.493 e. The van der Waals surface area contributed by atoms with E-state index >= 15 is 0 Å². The molecular formula is C23H23N3O2S. The van der Waals surface area contributed by atoms with E-state index in [0.717, 1.165) is 16.8 Å². The Morgan fingerprint density at radius 3 is 2.48 bits per heavy atom. The van der Waals surface area contributed by atoms with Gasteiger partial charge in [0.15, 0.2) is 16.6 Å². The summed E-state index contributed by atoms with van der Waals surface area (Å²) in [4.78, 5) is 0. The van der Waals surface area contributed by atoms with Crippen molar-refractivity contribution in [2.24, 2.45) is 5.10 Å². The standard InChI is InChI=1S/C23H23N3O2S/c1-17-8-10-18(11-9-17)16-28-22-14-19(12-13-21(22)27-2)15-24-26-23(29)25-20-6-4-3-5-7-20/h3-15H,16H2,1-2H3,(H2,25,26,29)/b24-15+. The molecule has 0 atom stereocenters. The van der Waals surface area contributed by atoms with Gasteiger partial charge < -0.3 is 14.8 Å². The Labute approximate surface area is 176 Å². The molecule has 0 aliphatic heterocycles. The molecule has 29 heavy (non-hydrogen) atoms. The average Bonchev–Trinajstić information content (AvgIpc) is 2.74. The van der Waals surface area contributed by atoms with Crippen LogP contribution < -0.4 is 20.2 Å². The highest BCUT2D eigenvalue weighted by molar-refractivity contribution is 7.80. The van der Waals surface area contributed by atoms with Crippen LogP contribution in [0.2, 0.25) is 0 Å². The Morgan fingerprint density at radius 1 is 1.00 bits per heavy atom. The summed E-state index contributed by atoms with van der Waals surface area (Å²) in [6, 6.07) is 23.5. The third-order valence-electron chi connectivity index (χ3n) is 4.11. The summed E-state index contributed by atoms with van der Waals surface area (Å²) in [5.41, 5.74) is 6.88. The number of benzene rings is 3. The van der Waals surface area contributed by atoms with Gasteiger partial charge in [0, 0.05) is 5.69 Å². The first-order valence-corrected chi connectivity index (χ1v) is 9.56. The average molecular weight is 406 g/mol. The van der Waals surface area contributed by atoms with Gasteiger partial charge in [-0.1, -0.05) is 48.0 Å². The molecule has 6 heteroatoms. The normalized spacial score (nSPS) is 10.6. The van der Waals surface area contributed by atoms with E-state index in [0.29, 0.717) is 23.2 Å². The molecule has 0 saturated carbocycles. The number of nitrogens with zero attached hydrogens (tertiary/aromatic N) is 1. The summed E-state index contributed by atoms with van der Waals surface area (Å²) in [5, 5.41) is 7.66. The highest BCUT2D eigenvalue weighted by atomic mass is 32.1. The van der Waals surface area contributed by atoms with Crippen LogP contribution in [0, 0.1) is 6.92 Å². The maximum Gasteiger partial charge on any atom is 0.191 e. The first kappa shape index (κ1) is 20.4. The van der Waals surface area contributed by atoms with Gasteiger partial charge in [0.1, 0.15) is 6.61 Å². The molecule has 0 aliphatic rings. The van der Waals surface area contributed by atoms with Crippen molar-refractivity contribution in [3.63, 3.8) is 0 Å². The van der Waals surface area contributed by atoms with Gasteiger partial charge in [-0.05, 0) is 60.6 Å². The molecule has 0 aliphatic carbocycles. The second kappa shape index (κ2) is 10.2. The Morgan fingerprint density at radius 2 is 1.76 bits per heavy atom. The molecule has 0 saturated heterocycles. The SMILES string of the molecule is COc1ccc(/C=N/NC(=S)Nc2ccccc2)cc1OCc1ccc(C)cc1. The molecule has 3 rings (SSSR count). The van der Waals surface area contributed by atoms with E-state index < -0.39 is 0 Å². The van der Waals surface area contributed by atoms with Gasteiger partial charge in [0.2, 0.25) is 0 Å². The predicted octanol–water partition coefficient (Wildman–Crippen LogP) is 4.90. The molecule has 0 heterocycles. The highest BCUT2D eigenvalue weighted by Gasteiger charge is 2.06. The van der Waals surface area contributed by atoms with Crippen LogP contribution in [0.3, 0.4) is 0 Å². The van der Waals surface area contributed by atoms with E-state index in [9.17, 15) is 0 Å². The van der Waals surface area contributed by atoms with Crippen molar-refractivity contribution in [1.82, 2.24) is 5.43 Å². The lowest BCUT2D eigenvalue weighted by molar-refractivity contribution is 0.284. The van der Waals surface area contributed by atoms with E-state index in [-0.39, 0.29) is 0 Å². The fourth-order valence-corrected chi connectivity index (χ4v) is 2.75. The molecule has 0 fully saturated rings. The zero-order valence-corrected chi connectivity index (χ0v) is 17.2. The molecule has 0 bridgehead atoms. The van der Waals surface area contributed by atoms with Gasteiger partial charge >= 0.3 is 0 Å². The van der Waals surface area contributed by atoms with Gasteiger partial charge in [0.25, 0.3) is 0 Å². The Hall–Kier alpha value is -3.38. The Bertz CT molecular complexity index is 973. The molecule has 2 N–H and O–H groups in total. The largest absolute Gasteiger partial charge is 0.493 e. The van der Waals surface area contributed by atoms with Crippen molar-refractivity contribution < 1.29 is 9.47 Å². The maximum absolute atomic E-state index is 5.96. The van der Waals surface area contributed by atoms with Crippen molar-refractivity contribution in [1.29, 1.82) is 0 Å². The first-order chi connectivity index (χ1) is 14.1. The summed E-state index contributed by atoms with van der Waals surface area (Å²) in [7, 11) is 1.62. The number of rotatable bonds is 7. The van der Waals surface area contributed by atoms with Crippen LogP contribution in [-0.2, 0) is 6.61 Å². The number of ether oxygens (including phenoxy) is 2. The maximum atomic E-state index is 5.96. The van der Waals surface area contributed by atoms with E-state index in [1.54, 1.807) is 13.3 Å². The number of nitrogens with one attached hydrogen (secondary N) is 2. The van der Waals surface area contributed by atoms with Crippen molar-refractivity contribution in [3.8, 4) is 11.5 Å². The highest BCUT2D eigenvalue weighted by Crippen LogP contribution is 2.28. The minimum atomic E-state index is 0.414. The summed E-state index contributed by atoms with van der Waals surface area (Å²) >= 11 is 5.24. The zero-order chi connectivity index (χ0) is 20.5. The molecule has 0 aromatic heterocycles. The molecule has 0 amide bonds. The van der Waals surface area contributed by atoms with Crippen LogP contribution in [-0.4, -0.2) is 18.4 Å². The van der Waals surface area contributed by atoms with Crippen LogP contribution in [0.15, 0.2) is 77.9 Å². The molecule has 3 aromatic rings. The minimum absolute atomic E-state index is 0.414. The number of thiocarbonyl (C=S) groups is 1. The van der Waals surface area contributed by atoms with E-state index in [1.807, 2.05) is 48.5 Å². The topological polar surface area (TPSA) is 54.9 Å². The van der Waals surface area contributed by atoms with Crippen LogP contribution in [0.25, 0.3) is 0 Å². The second-order valence-electron chi connectivity index (χ2n) is 6.37. The molecule has 5 nitrogen and oxygen atoms in total. The van der Waals surface area contributed by atoms with E-state index in [1.165, 1.54) is 5.56 Å². The number of anilines is 1. The molecule has 0 radical (unpaired) electrons. The fraction of sp³-hybridized carbons (Fsp3) is 0.130. The van der Waals surface area contributed by atoms with Gasteiger partial charge in [0.05, 0.1) is 13.3 Å². The van der Waals surface area contributed by atoms with E-state index in [2.05, 4.69) is 47.0 Å². The number of hydrogen-bond donors (Lipinski definition) is 2. The summed E-state index contributed by atoms with van der Waals surface area (Å²) in [6.45, 7) is 2.52. The van der Waals surface area contributed by atoms with Crippen molar-refractivity contribution in [2.75, 3.05) is 12.4 Å². The van der Waals surface area contributed by atoms with Gasteiger partial charge in [-0.25, -0.2) is 0 Å².